The van der Waals surface area contributed by atoms with E-state index in [1.807, 2.05) is 4.90 Å². The monoisotopic (exact) mass is 267 g/mol. The molecule has 1 fully saturated rings. The lowest BCUT2D eigenvalue weighted by molar-refractivity contribution is 0.198. The molecule has 2 N–H and O–H groups in total. The average molecular weight is 267 g/mol. The third-order valence-corrected chi connectivity index (χ3v) is 3.84. The van der Waals surface area contributed by atoms with Gasteiger partial charge in [-0.25, -0.2) is 4.39 Å². The Morgan fingerprint density at radius 3 is 2.95 bits per heavy atom. The Kier molecular flexibility index (Phi) is 4.77. The van der Waals surface area contributed by atoms with E-state index in [0.717, 1.165) is 32.4 Å². The third-order valence-electron chi connectivity index (χ3n) is 3.84. The number of piperidine rings is 1. The number of aliphatic hydroxyl groups excluding tert-OH is 2. The van der Waals surface area contributed by atoms with Gasteiger partial charge in [0.25, 0.3) is 0 Å². The van der Waals surface area contributed by atoms with E-state index >= 15 is 0 Å². The number of anilines is 1. The van der Waals surface area contributed by atoms with Crippen molar-refractivity contribution in [3.8, 4) is 0 Å². The van der Waals surface area contributed by atoms with Gasteiger partial charge in [-0.05, 0) is 38.2 Å². The quantitative estimate of drug-likeness (QED) is 0.881. The zero-order valence-electron chi connectivity index (χ0n) is 11.3. The molecule has 4 heteroatoms. The van der Waals surface area contributed by atoms with Crippen LogP contribution in [0.15, 0.2) is 18.2 Å². The molecule has 0 saturated carbocycles. The second-order valence-corrected chi connectivity index (χ2v) is 5.32. The first-order valence-electron chi connectivity index (χ1n) is 6.95. The lowest BCUT2D eigenvalue weighted by atomic mass is 9.93. The molecule has 1 aliphatic rings. The van der Waals surface area contributed by atoms with E-state index in [-0.39, 0.29) is 12.4 Å². The summed E-state index contributed by atoms with van der Waals surface area (Å²) in [5.74, 6) is 0.128. The Morgan fingerprint density at radius 2 is 2.26 bits per heavy atom. The van der Waals surface area contributed by atoms with Crippen molar-refractivity contribution in [3.05, 3.63) is 29.6 Å². The van der Waals surface area contributed by atoms with E-state index in [1.54, 1.807) is 19.1 Å². The van der Waals surface area contributed by atoms with E-state index in [0.29, 0.717) is 17.2 Å². The number of benzene rings is 1. The molecule has 2 atom stereocenters. The van der Waals surface area contributed by atoms with Crippen molar-refractivity contribution in [2.75, 3.05) is 24.6 Å². The van der Waals surface area contributed by atoms with Crippen molar-refractivity contribution < 1.29 is 14.6 Å². The van der Waals surface area contributed by atoms with E-state index in [2.05, 4.69) is 0 Å². The molecular weight excluding hydrogens is 245 g/mol. The number of hydrogen-bond acceptors (Lipinski definition) is 3. The number of para-hydroxylation sites is 1. The van der Waals surface area contributed by atoms with Crippen LogP contribution in [0.4, 0.5) is 10.1 Å². The van der Waals surface area contributed by atoms with Gasteiger partial charge < -0.3 is 15.1 Å². The third kappa shape index (κ3) is 3.25. The molecule has 1 aromatic rings. The summed E-state index contributed by atoms with van der Waals surface area (Å²) in [6, 6.07) is 4.85. The molecule has 1 unspecified atom stereocenters. The van der Waals surface area contributed by atoms with Gasteiger partial charge in [0.2, 0.25) is 0 Å². The van der Waals surface area contributed by atoms with Crippen LogP contribution in [0.1, 0.15) is 37.9 Å². The van der Waals surface area contributed by atoms with Crippen LogP contribution in [0.3, 0.4) is 0 Å². The summed E-state index contributed by atoms with van der Waals surface area (Å²) in [6.07, 6.45) is 2.16. The number of rotatable bonds is 4. The predicted octanol–water partition coefficient (Wildman–Crippen LogP) is 2.48. The van der Waals surface area contributed by atoms with Gasteiger partial charge >= 0.3 is 0 Å². The van der Waals surface area contributed by atoms with Crippen LogP contribution in [0.5, 0.6) is 0 Å². The molecule has 19 heavy (non-hydrogen) atoms. The van der Waals surface area contributed by atoms with Crippen LogP contribution in [0.25, 0.3) is 0 Å². The van der Waals surface area contributed by atoms with Crippen LogP contribution in [-0.2, 0) is 0 Å². The van der Waals surface area contributed by atoms with E-state index in [9.17, 15) is 9.50 Å². The van der Waals surface area contributed by atoms with Crippen LogP contribution < -0.4 is 4.90 Å². The normalized spacial score (nSPS) is 21.5. The van der Waals surface area contributed by atoms with E-state index in [1.165, 1.54) is 6.07 Å². The maximum atomic E-state index is 14.1. The summed E-state index contributed by atoms with van der Waals surface area (Å²) in [5, 5.41) is 18.8. The predicted molar refractivity (Wildman–Crippen MR) is 73.7 cm³/mol. The molecule has 1 heterocycles. The molecule has 3 nitrogen and oxygen atoms in total. The number of nitrogens with zero attached hydrogens (tertiary/aromatic N) is 1. The fourth-order valence-corrected chi connectivity index (χ4v) is 2.89. The Bertz CT molecular complexity index is 421. The maximum absolute atomic E-state index is 14.1. The molecule has 1 saturated heterocycles. The fraction of sp³-hybridized carbons (Fsp3) is 0.600. The number of aliphatic hydroxyl groups is 2. The topological polar surface area (TPSA) is 43.7 Å². The van der Waals surface area contributed by atoms with Crippen molar-refractivity contribution in [2.24, 2.45) is 5.92 Å². The van der Waals surface area contributed by atoms with Gasteiger partial charge in [-0.3, -0.25) is 0 Å². The minimum Gasteiger partial charge on any atom is -0.396 e. The molecule has 2 rings (SSSR count). The minimum absolute atomic E-state index is 0.180. The van der Waals surface area contributed by atoms with Gasteiger partial charge in [0.05, 0.1) is 11.8 Å². The highest BCUT2D eigenvalue weighted by atomic mass is 19.1. The molecule has 0 spiro atoms. The van der Waals surface area contributed by atoms with Crippen LogP contribution in [0.2, 0.25) is 0 Å². The molecule has 106 valence electrons. The highest BCUT2D eigenvalue weighted by molar-refractivity contribution is 5.56. The average Bonchev–Trinajstić information content (AvgIpc) is 2.39. The summed E-state index contributed by atoms with van der Waals surface area (Å²) in [4.78, 5) is 2.02. The molecular formula is C15H22FNO2. The van der Waals surface area contributed by atoms with Crippen molar-refractivity contribution in [1.29, 1.82) is 0 Å². The van der Waals surface area contributed by atoms with Gasteiger partial charge in [-0.1, -0.05) is 12.1 Å². The highest BCUT2D eigenvalue weighted by Gasteiger charge is 2.24. The van der Waals surface area contributed by atoms with Gasteiger partial charge in [0, 0.05) is 25.3 Å². The molecule has 1 aromatic carbocycles. The van der Waals surface area contributed by atoms with Crippen molar-refractivity contribution in [3.63, 3.8) is 0 Å². The van der Waals surface area contributed by atoms with Crippen molar-refractivity contribution in [2.45, 2.75) is 32.3 Å². The summed E-state index contributed by atoms with van der Waals surface area (Å²) in [6.45, 7) is 3.40. The molecule has 0 radical (unpaired) electrons. The SMILES string of the molecule is C[C@@H](O)c1cccc(F)c1N1CCCC(CCO)C1. The smallest absolute Gasteiger partial charge is 0.146 e. The zero-order valence-corrected chi connectivity index (χ0v) is 11.3. The lowest BCUT2D eigenvalue weighted by Crippen LogP contribution is -2.37. The Morgan fingerprint density at radius 1 is 1.47 bits per heavy atom. The van der Waals surface area contributed by atoms with Gasteiger partial charge in [-0.2, -0.15) is 0 Å². The number of halogens is 1. The number of hydrogen-bond donors (Lipinski definition) is 2. The van der Waals surface area contributed by atoms with E-state index < -0.39 is 6.10 Å². The fourth-order valence-electron chi connectivity index (χ4n) is 2.89. The maximum Gasteiger partial charge on any atom is 0.146 e. The second-order valence-electron chi connectivity index (χ2n) is 5.32. The summed E-state index contributed by atoms with van der Waals surface area (Å²) < 4.78 is 14.1. The summed E-state index contributed by atoms with van der Waals surface area (Å²) in [5.41, 5.74) is 1.17. The van der Waals surface area contributed by atoms with Crippen LogP contribution in [0, 0.1) is 11.7 Å². The zero-order chi connectivity index (χ0) is 13.8. The molecule has 0 aromatic heterocycles. The van der Waals surface area contributed by atoms with Crippen molar-refractivity contribution >= 4 is 5.69 Å². The Hall–Kier alpha value is -1.13. The van der Waals surface area contributed by atoms with Crippen molar-refractivity contribution in [1.82, 2.24) is 0 Å². The molecule has 0 bridgehead atoms. The standard InChI is InChI=1S/C15H22FNO2/c1-11(19)13-5-2-6-14(16)15(13)17-8-3-4-12(10-17)7-9-18/h2,5-6,11-12,18-19H,3-4,7-10H2,1H3/t11-,12?/m1/s1. The van der Waals surface area contributed by atoms with Gasteiger partial charge in [0.15, 0.2) is 0 Å². The second kappa shape index (κ2) is 6.35. The Balaban J connectivity index is 2.25. The van der Waals surface area contributed by atoms with Gasteiger partial charge in [-0.15, -0.1) is 0 Å². The molecule has 0 amide bonds. The molecule has 1 aliphatic heterocycles. The van der Waals surface area contributed by atoms with Gasteiger partial charge in [0.1, 0.15) is 5.82 Å². The summed E-state index contributed by atoms with van der Waals surface area (Å²) >= 11 is 0. The highest BCUT2D eigenvalue weighted by Crippen LogP contribution is 2.33. The van der Waals surface area contributed by atoms with Crippen LogP contribution in [-0.4, -0.2) is 29.9 Å². The minimum atomic E-state index is -0.677. The van der Waals surface area contributed by atoms with E-state index in [4.69, 9.17) is 5.11 Å². The first kappa shape index (κ1) is 14.3. The lowest BCUT2D eigenvalue weighted by Gasteiger charge is -2.36. The first-order chi connectivity index (χ1) is 9.13. The summed E-state index contributed by atoms with van der Waals surface area (Å²) in [7, 11) is 0. The van der Waals surface area contributed by atoms with Crippen LogP contribution >= 0.6 is 0 Å². The molecule has 0 aliphatic carbocycles. The first-order valence-corrected chi connectivity index (χ1v) is 6.95. The Labute approximate surface area is 113 Å². The largest absolute Gasteiger partial charge is 0.396 e.